The van der Waals surface area contributed by atoms with Gasteiger partial charge >= 0.3 is 0 Å². The molecule has 0 aliphatic rings. The second-order valence-corrected chi connectivity index (χ2v) is 6.14. The Morgan fingerprint density at radius 3 is 2.80 bits per heavy atom. The fourth-order valence-corrected chi connectivity index (χ4v) is 2.55. The third-order valence-electron chi connectivity index (χ3n) is 4.25. The number of rotatable bonds is 6. The third kappa shape index (κ3) is 3.96. The lowest BCUT2D eigenvalue weighted by atomic mass is 10.1. The number of ether oxygens (including phenoxy) is 1. The Morgan fingerprint density at radius 2 is 2.00 bits per heavy atom. The van der Waals surface area contributed by atoms with Crippen molar-refractivity contribution in [3.8, 4) is 5.75 Å². The Bertz CT molecular complexity index is 888. The molecule has 0 saturated heterocycles. The molecule has 0 aliphatic heterocycles. The number of aryl methyl sites for hydroxylation is 2. The van der Waals surface area contributed by atoms with Gasteiger partial charge in [-0.2, -0.15) is 0 Å². The van der Waals surface area contributed by atoms with Gasteiger partial charge in [-0.3, -0.25) is 9.20 Å². The van der Waals surface area contributed by atoms with Crippen LogP contribution in [0.2, 0.25) is 0 Å². The van der Waals surface area contributed by atoms with Gasteiger partial charge in [0.25, 0.3) is 0 Å². The van der Waals surface area contributed by atoms with Crippen LogP contribution in [0.15, 0.2) is 42.6 Å². The van der Waals surface area contributed by atoms with Crippen molar-refractivity contribution in [3.05, 3.63) is 59.5 Å². The summed E-state index contributed by atoms with van der Waals surface area (Å²) in [5.41, 5.74) is 3.18. The molecule has 0 fully saturated rings. The van der Waals surface area contributed by atoms with Gasteiger partial charge in [0.05, 0.1) is 19.6 Å². The van der Waals surface area contributed by atoms with Crippen LogP contribution in [0.4, 0.5) is 0 Å². The first-order valence-corrected chi connectivity index (χ1v) is 8.27. The molecular formula is C19H22N4O2. The molecule has 0 atom stereocenters. The average Bonchev–Trinajstić information content (AvgIpc) is 3.01. The van der Waals surface area contributed by atoms with Crippen molar-refractivity contribution in [2.75, 3.05) is 13.7 Å². The molecule has 0 unspecified atom stereocenters. The number of nitrogens with zero attached hydrogens (tertiary/aromatic N) is 4. The van der Waals surface area contributed by atoms with Gasteiger partial charge in [-0.15, -0.1) is 10.2 Å². The molecule has 3 aromatic rings. The second-order valence-electron chi connectivity index (χ2n) is 6.14. The van der Waals surface area contributed by atoms with Gasteiger partial charge in [0.1, 0.15) is 5.75 Å². The fourth-order valence-electron chi connectivity index (χ4n) is 2.55. The van der Waals surface area contributed by atoms with E-state index < -0.39 is 0 Å². The maximum absolute atomic E-state index is 12.3. The standard InChI is InChI=1S/C19H22N4O2/c1-14-7-8-16(12-15(14)2)25-11-9-19(24)22(3)13-18-21-20-17-6-4-5-10-23(17)18/h4-8,10,12H,9,11,13H2,1-3H3. The lowest BCUT2D eigenvalue weighted by Crippen LogP contribution is -2.28. The summed E-state index contributed by atoms with van der Waals surface area (Å²) in [6, 6.07) is 11.7. The molecule has 130 valence electrons. The van der Waals surface area contributed by atoms with Crippen LogP contribution in [0.5, 0.6) is 5.75 Å². The van der Waals surface area contributed by atoms with Crippen LogP contribution in [-0.2, 0) is 11.3 Å². The maximum atomic E-state index is 12.3. The van der Waals surface area contributed by atoms with E-state index in [-0.39, 0.29) is 5.91 Å². The van der Waals surface area contributed by atoms with Crippen LogP contribution < -0.4 is 4.74 Å². The van der Waals surface area contributed by atoms with Crippen LogP contribution in [-0.4, -0.2) is 39.1 Å². The van der Waals surface area contributed by atoms with Crippen LogP contribution >= 0.6 is 0 Å². The molecule has 6 heteroatoms. The highest BCUT2D eigenvalue weighted by molar-refractivity contribution is 5.75. The Hall–Kier alpha value is -2.89. The summed E-state index contributed by atoms with van der Waals surface area (Å²) in [4.78, 5) is 14.0. The molecule has 2 aromatic heterocycles. The Kier molecular flexibility index (Phi) is 4.97. The van der Waals surface area contributed by atoms with E-state index in [0.717, 1.165) is 17.2 Å². The monoisotopic (exact) mass is 338 g/mol. The molecule has 0 spiro atoms. The number of carbonyl (C=O) groups excluding carboxylic acids is 1. The highest BCUT2D eigenvalue weighted by Crippen LogP contribution is 2.16. The van der Waals surface area contributed by atoms with Crippen molar-refractivity contribution in [1.82, 2.24) is 19.5 Å². The first kappa shape index (κ1) is 17.0. The minimum Gasteiger partial charge on any atom is -0.493 e. The minimum atomic E-state index is 0.0107. The number of carbonyl (C=O) groups is 1. The Labute approximate surface area is 147 Å². The number of amides is 1. The van der Waals surface area contributed by atoms with Crippen molar-refractivity contribution in [3.63, 3.8) is 0 Å². The van der Waals surface area contributed by atoms with Crippen molar-refractivity contribution >= 4 is 11.6 Å². The van der Waals surface area contributed by atoms with Gasteiger partial charge < -0.3 is 9.64 Å². The maximum Gasteiger partial charge on any atom is 0.226 e. The number of hydrogen-bond donors (Lipinski definition) is 0. The molecule has 0 bridgehead atoms. The van der Waals surface area contributed by atoms with Gasteiger partial charge in [0.2, 0.25) is 5.91 Å². The van der Waals surface area contributed by atoms with Crippen LogP contribution in [0, 0.1) is 13.8 Å². The first-order valence-electron chi connectivity index (χ1n) is 8.27. The van der Waals surface area contributed by atoms with E-state index in [2.05, 4.69) is 17.1 Å². The summed E-state index contributed by atoms with van der Waals surface area (Å²) in [5.74, 6) is 1.54. The lowest BCUT2D eigenvalue weighted by Gasteiger charge is -2.16. The topological polar surface area (TPSA) is 59.7 Å². The smallest absolute Gasteiger partial charge is 0.226 e. The highest BCUT2D eigenvalue weighted by atomic mass is 16.5. The quantitative estimate of drug-likeness (QED) is 0.693. The summed E-state index contributed by atoms with van der Waals surface area (Å²) in [6.07, 6.45) is 2.21. The molecule has 1 amide bonds. The molecule has 25 heavy (non-hydrogen) atoms. The van der Waals surface area contributed by atoms with E-state index in [1.165, 1.54) is 11.1 Å². The molecule has 1 aromatic carbocycles. The molecule has 6 nitrogen and oxygen atoms in total. The fraction of sp³-hybridized carbons (Fsp3) is 0.316. The Morgan fingerprint density at radius 1 is 1.16 bits per heavy atom. The number of pyridine rings is 1. The SMILES string of the molecule is Cc1ccc(OCCC(=O)N(C)Cc2nnc3ccccn23)cc1C. The van der Waals surface area contributed by atoms with Gasteiger partial charge in [0, 0.05) is 13.2 Å². The van der Waals surface area contributed by atoms with E-state index in [1.54, 1.807) is 11.9 Å². The molecule has 0 saturated carbocycles. The molecule has 0 N–H and O–H groups in total. The van der Waals surface area contributed by atoms with Crippen molar-refractivity contribution < 1.29 is 9.53 Å². The van der Waals surface area contributed by atoms with E-state index in [1.807, 2.05) is 53.9 Å². The molecule has 2 heterocycles. The predicted octanol–water partition coefficient (Wildman–Crippen LogP) is 2.77. The average molecular weight is 338 g/mol. The second kappa shape index (κ2) is 7.34. The molecular weight excluding hydrogens is 316 g/mol. The number of aromatic nitrogens is 3. The van der Waals surface area contributed by atoms with E-state index in [0.29, 0.717) is 19.6 Å². The molecule has 0 radical (unpaired) electrons. The summed E-state index contributed by atoms with van der Waals surface area (Å²) < 4.78 is 7.57. The first-order chi connectivity index (χ1) is 12.0. The number of hydrogen-bond acceptors (Lipinski definition) is 4. The van der Waals surface area contributed by atoms with E-state index >= 15 is 0 Å². The van der Waals surface area contributed by atoms with Crippen LogP contribution in [0.3, 0.4) is 0 Å². The van der Waals surface area contributed by atoms with E-state index in [4.69, 9.17) is 4.74 Å². The van der Waals surface area contributed by atoms with Crippen LogP contribution in [0.1, 0.15) is 23.4 Å². The summed E-state index contributed by atoms with van der Waals surface area (Å²) in [7, 11) is 1.77. The zero-order valence-electron chi connectivity index (χ0n) is 14.8. The summed E-state index contributed by atoms with van der Waals surface area (Å²) >= 11 is 0. The molecule has 0 aliphatic carbocycles. The number of fused-ring (bicyclic) bond motifs is 1. The van der Waals surface area contributed by atoms with Gasteiger partial charge in [-0.25, -0.2) is 0 Å². The van der Waals surface area contributed by atoms with E-state index in [9.17, 15) is 4.79 Å². The predicted molar refractivity (Wildman–Crippen MR) is 95.5 cm³/mol. The van der Waals surface area contributed by atoms with Crippen molar-refractivity contribution in [2.45, 2.75) is 26.8 Å². The normalized spacial score (nSPS) is 10.8. The Balaban J connectivity index is 1.53. The lowest BCUT2D eigenvalue weighted by molar-refractivity contribution is -0.131. The molecule has 3 rings (SSSR count). The van der Waals surface area contributed by atoms with Crippen LogP contribution in [0.25, 0.3) is 5.65 Å². The summed E-state index contributed by atoms with van der Waals surface area (Å²) in [5, 5.41) is 8.25. The zero-order chi connectivity index (χ0) is 17.8. The van der Waals surface area contributed by atoms with Gasteiger partial charge in [-0.05, 0) is 49.2 Å². The largest absolute Gasteiger partial charge is 0.493 e. The van der Waals surface area contributed by atoms with Crippen molar-refractivity contribution in [2.24, 2.45) is 0 Å². The van der Waals surface area contributed by atoms with Gasteiger partial charge in [-0.1, -0.05) is 12.1 Å². The van der Waals surface area contributed by atoms with Crippen molar-refractivity contribution in [1.29, 1.82) is 0 Å². The third-order valence-corrected chi connectivity index (χ3v) is 4.25. The van der Waals surface area contributed by atoms with Gasteiger partial charge in [0.15, 0.2) is 11.5 Å². The zero-order valence-corrected chi connectivity index (χ0v) is 14.8. The minimum absolute atomic E-state index is 0.0107. The summed E-state index contributed by atoms with van der Waals surface area (Å²) in [6.45, 7) is 4.87. The number of benzene rings is 1. The highest BCUT2D eigenvalue weighted by Gasteiger charge is 2.13.